The van der Waals surface area contributed by atoms with Gasteiger partial charge < -0.3 is 14.2 Å². The first-order chi connectivity index (χ1) is 14.6. The first-order valence-corrected chi connectivity index (χ1v) is 10.3. The van der Waals surface area contributed by atoms with Crippen LogP contribution >= 0.6 is 0 Å². The van der Waals surface area contributed by atoms with Gasteiger partial charge in [0, 0.05) is 37.7 Å². The summed E-state index contributed by atoms with van der Waals surface area (Å²) in [7, 11) is 0. The Balaban J connectivity index is 1.55. The lowest BCUT2D eigenvalue weighted by atomic mass is 10.1. The zero-order chi connectivity index (χ0) is 20.9. The molecule has 4 rings (SSSR count). The maximum atomic E-state index is 13.3. The highest BCUT2D eigenvalue weighted by Crippen LogP contribution is 2.18. The van der Waals surface area contributed by atoms with Crippen LogP contribution in [0.4, 0.5) is 4.39 Å². The highest BCUT2D eigenvalue weighted by Gasteiger charge is 2.25. The standard InChI is InChI=1S/C24H26FN3O2/c1-18-4-2-5-19(14-18)15-27-12-11-26-23(27)17-28(16-22-6-3-13-30-22)24(29)20-7-9-21(25)10-8-20/h2,4-5,7-12,14,22H,3,6,13,15-17H2,1H3. The molecule has 1 unspecified atom stereocenters. The molecule has 0 saturated carbocycles. The van der Waals surface area contributed by atoms with Gasteiger partial charge in [-0.3, -0.25) is 4.79 Å². The Hall–Kier alpha value is -2.99. The molecule has 156 valence electrons. The van der Waals surface area contributed by atoms with Crippen molar-refractivity contribution in [1.29, 1.82) is 0 Å². The Morgan fingerprint density at radius 3 is 2.83 bits per heavy atom. The molecule has 1 aliphatic rings. The van der Waals surface area contributed by atoms with Crippen LogP contribution in [-0.2, 0) is 17.8 Å². The predicted octanol–water partition coefficient (Wildman–Crippen LogP) is 4.20. The molecule has 1 aromatic heterocycles. The summed E-state index contributed by atoms with van der Waals surface area (Å²) >= 11 is 0. The van der Waals surface area contributed by atoms with Crippen molar-refractivity contribution in [3.05, 3.63) is 89.3 Å². The monoisotopic (exact) mass is 407 g/mol. The van der Waals surface area contributed by atoms with Crippen molar-refractivity contribution in [3.8, 4) is 0 Å². The number of benzene rings is 2. The highest BCUT2D eigenvalue weighted by atomic mass is 19.1. The third-order valence-corrected chi connectivity index (χ3v) is 5.40. The number of nitrogens with zero attached hydrogens (tertiary/aromatic N) is 3. The van der Waals surface area contributed by atoms with E-state index in [4.69, 9.17) is 4.74 Å². The van der Waals surface area contributed by atoms with Gasteiger partial charge >= 0.3 is 0 Å². The van der Waals surface area contributed by atoms with Crippen molar-refractivity contribution >= 4 is 5.91 Å². The van der Waals surface area contributed by atoms with Crippen molar-refractivity contribution in [2.45, 2.75) is 39.0 Å². The van der Waals surface area contributed by atoms with Gasteiger partial charge in [0.05, 0.1) is 12.6 Å². The van der Waals surface area contributed by atoms with Crippen LogP contribution in [-0.4, -0.2) is 39.6 Å². The van der Waals surface area contributed by atoms with E-state index < -0.39 is 0 Å². The van der Waals surface area contributed by atoms with Crippen LogP contribution in [0.1, 0.15) is 40.2 Å². The Morgan fingerprint density at radius 2 is 2.10 bits per heavy atom. The Bertz CT molecular complexity index is 994. The molecular formula is C24H26FN3O2. The summed E-state index contributed by atoms with van der Waals surface area (Å²) in [6.07, 6.45) is 5.66. The van der Waals surface area contributed by atoms with Gasteiger partial charge in [-0.15, -0.1) is 0 Å². The Labute approximate surface area is 176 Å². The smallest absolute Gasteiger partial charge is 0.254 e. The first-order valence-electron chi connectivity index (χ1n) is 10.3. The fraction of sp³-hybridized carbons (Fsp3) is 0.333. The van der Waals surface area contributed by atoms with Gasteiger partial charge in [0.2, 0.25) is 0 Å². The van der Waals surface area contributed by atoms with E-state index in [1.54, 1.807) is 11.1 Å². The summed E-state index contributed by atoms with van der Waals surface area (Å²) in [5, 5.41) is 0. The zero-order valence-electron chi connectivity index (χ0n) is 17.1. The van der Waals surface area contributed by atoms with Crippen LogP contribution in [0.2, 0.25) is 0 Å². The van der Waals surface area contributed by atoms with Crippen LogP contribution in [0.3, 0.4) is 0 Å². The first kappa shape index (κ1) is 20.3. The SMILES string of the molecule is Cc1cccc(Cn2ccnc2CN(CC2CCCO2)C(=O)c2ccc(F)cc2)c1. The van der Waals surface area contributed by atoms with Crippen LogP contribution < -0.4 is 0 Å². The third kappa shape index (κ3) is 4.94. The lowest BCUT2D eigenvalue weighted by Gasteiger charge is -2.26. The maximum absolute atomic E-state index is 13.3. The topological polar surface area (TPSA) is 47.4 Å². The molecule has 0 bridgehead atoms. The van der Waals surface area contributed by atoms with Crippen molar-refractivity contribution in [1.82, 2.24) is 14.5 Å². The number of carbonyl (C=O) groups excluding carboxylic acids is 1. The van der Waals surface area contributed by atoms with Crippen LogP contribution in [0.25, 0.3) is 0 Å². The fourth-order valence-electron chi connectivity index (χ4n) is 3.84. The van der Waals surface area contributed by atoms with Gasteiger partial charge in [0.1, 0.15) is 11.6 Å². The van der Waals surface area contributed by atoms with Crippen molar-refractivity contribution in [3.63, 3.8) is 0 Å². The van der Waals surface area contributed by atoms with Gasteiger partial charge in [-0.1, -0.05) is 29.8 Å². The average Bonchev–Trinajstić information content (AvgIpc) is 3.40. The van der Waals surface area contributed by atoms with Crippen LogP contribution in [0.15, 0.2) is 60.9 Å². The van der Waals surface area contributed by atoms with E-state index in [1.807, 2.05) is 12.3 Å². The molecule has 30 heavy (non-hydrogen) atoms. The fourth-order valence-corrected chi connectivity index (χ4v) is 3.84. The number of hydrogen-bond donors (Lipinski definition) is 0. The van der Waals surface area contributed by atoms with Crippen molar-refractivity contribution in [2.75, 3.05) is 13.2 Å². The van der Waals surface area contributed by atoms with E-state index in [9.17, 15) is 9.18 Å². The summed E-state index contributed by atoms with van der Waals surface area (Å²) in [6, 6.07) is 14.0. The Kier molecular flexibility index (Phi) is 6.23. The number of amides is 1. The number of ether oxygens (including phenoxy) is 1. The summed E-state index contributed by atoms with van der Waals surface area (Å²) < 4.78 is 21.1. The van der Waals surface area contributed by atoms with Gasteiger partial charge in [-0.25, -0.2) is 9.37 Å². The minimum absolute atomic E-state index is 0.0228. The molecular weight excluding hydrogens is 381 g/mol. The van der Waals surface area contributed by atoms with Gasteiger partial charge in [0.15, 0.2) is 0 Å². The number of aromatic nitrogens is 2. The number of carbonyl (C=O) groups is 1. The molecule has 1 saturated heterocycles. The van der Waals surface area contributed by atoms with E-state index in [0.29, 0.717) is 25.2 Å². The minimum Gasteiger partial charge on any atom is -0.376 e. The van der Waals surface area contributed by atoms with E-state index in [0.717, 1.165) is 25.3 Å². The predicted molar refractivity (Wildman–Crippen MR) is 113 cm³/mol. The van der Waals surface area contributed by atoms with Crippen molar-refractivity contribution < 1.29 is 13.9 Å². The van der Waals surface area contributed by atoms with E-state index in [-0.39, 0.29) is 17.8 Å². The second-order valence-corrected chi connectivity index (χ2v) is 7.79. The quantitative estimate of drug-likeness (QED) is 0.590. The number of aryl methyl sites for hydroxylation is 1. The molecule has 0 spiro atoms. The van der Waals surface area contributed by atoms with Gasteiger partial charge in [0.25, 0.3) is 5.91 Å². The van der Waals surface area contributed by atoms with Crippen LogP contribution in [0, 0.1) is 12.7 Å². The van der Waals surface area contributed by atoms with Gasteiger partial charge in [-0.05, 0) is 49.6 Å². The number of hydrogen-bond acceptors (Lipinski definition) is 3. The molecule has 2 aromatic carbocycles. The lowest BCUT2D eigenvalue weighted by Crippen LogP contribution is -2.37. The molecule has 5 nitrogen and oxygen atoms in total. The summed E-state index contributed by atoms with van der Waals surface area (Å²) in [6.45, 7) is 4.35. The molecule has 1 fully saturated rings. The molecule has 3 aromatic rings. The molecule has 0 aliphatic carbocycles. The number of halogens is 1. The normalized spacial score (nSPS) is 16.0. The molecule has 1 aliphatic heterocycles. The highest BCUT2D eigenvalue weighted by molar-refractivity contribution is 5.94. The molecule has 6 heteroatoms. The van der Waals surface area contributed by atoms with Crippen LogP contribution in [0.5, 0.6) is 0 Å². The third-order valence-electron chi connectivity index (χ3n) is 5.40. The summed E-state index contributed by atoms with van der Waals surface area (Å²) in [5.74, 6) is 0.312. The minimum atomic E-state index is -0.356. The maximum Gasteiger partial charge on any atom is 0.254 e. The number of imidazole rings is 1. The Morgan fingerprint density at radius 1 is 1.27 bits per heavy atom. The van der Waals surface area contributed by atoms with E-state index >= 15 is 0 Å². The molecule has 2 heterocycles. The number of rotatable bonds is 7. The molecule has 0 radical (unpaired) electrons. The lowest BCUT2D eigenvalue weighted by molar-refractivity contribution is 0.0499. The molecule has 0 N–H and O–H groups in total. The summed E-state index contributed by atoms with van der Waals surface area (Å²) in [5.41, 5.74) is 2.86. The second-order valence-electron chi connectivity index (χ2n) is 7.79. The molecule has 1 amide bonds. The van der Waals surface area contributed by atoms with E-state index in [1.165, 1.54) is 35.4 Å². The summed E-state index contributed by atoms with van der Waals surface area (Å²) in [4.78, 5) is 19.5. The van der Waals surface area contributed by atoms with Crippen molar-refractivity contribution in [2.24, 2.45) is 0 Å². The zero-order valence-corrected chi connectivity index (χ0v) is 17.1. The van der Waals surface area contributed by atoms with Gasteiger partial charge in [-0.2, -0.15) is 0 Å². The molecule has 1 atom stereocenters. The largest absolute Gasteiger partial charge is 0.376 e. The average molecular weight is 407 g/mol. The van der Waals surface area contributed by atoms with E-state index in [2.05, 4.69) is 34.7 Å². The second kappa shape index (κ2) is 9.22.